The molecular formula is C13H11BrClN3OS. The monoisotopic (exact) mass is 371 g/mol. The van der Waals surface area contributed by atoms with Crippen LogP contribution in [0.5, 0.6) is 0 Å². The number of fused-ring (bicyclic) bond motifs is 1. The van der Waals surface area contributed by atoms with Crippen molar-refractivity contribution in [3.05, 3.63) is 43.8 Å². The molecule has 0 atom stereocenters. The van der Waals surface area contributed by atoms with E-state index in [1.54, 1.807) is 18.2 Å². The number of carbonyl (C=O) groups is 1. The first-order valence-electron chi connectivity index (χ1n) is 6.10. The molecule has 104 valence electrons. The Kier molecular flexibility index (Phi) is 4.07. The summed E-state index contributed by atoms with van der Waals surface area (Å²) >= 11 is 10.9. The van der Waals surface area contributed by atoms with Crippen LogP contribution in [-0.4, -0.2) is 17.4 Å². The third-order valence-corrected chi connectivity index (χ3v) is 5.33. The minimum atomic E-state index is -0.240. The lowest BCUT2D eigenvalue weighted by Gasteiger charge is -2.09. The van der Waals surface area contributed by atoms with Gasteiger partial charge in [0.2, 0.25) is 0 Å². The molecule has 1 aromatic heterocycles. The molecule has 0 radical (unpaired) electrons. The minimum Gasteiger partial charge on any atom is -0.311 e. The lowest BCUT2D eigenvalue weighted by molar-refractivity contribution is 0.102. The molecule has 0 fully saturated rings. The van der Waals surface area contributed by atoms with Crippen LogP contribution >= 0.6 is 38.9 Å². The molecule has 2 heterocycles. The van der Waals surface area contributed by atoms with E-state index in [2.05, 4.69) is 31.5 Å². The van der Waals surface area contributed by atoms with E-state index in [9.17, 15) is 4.79 Å². The van der Waals surface area contributed by atoms with Crippen molar-refractivity contribution in [1.82, 2.24) is 10.3 Å². The number of aromatic nitrogens is 1. The number of amides is 1. The molecule has 2 N–H and O–H groups in total. The second-order valence-corrected chi connectivity index (χ2v) is 6.69. The molecule has 0 unspecified atom stereocenters. The molecule has 20 heavy (non-hydrogen) atoms. The fourth-order valence-electron chi connectivity index (χ4n) is 2.02. The lowest BCUT2D eigenvalue weighted by atomic mass is 10.2. The van der Waals surface area contributed by atoms with E-state index in [0.29, 0.717) is 20.2 Å². The summed E-state index contributed by atoms with van der Waals surface area (Å²) in [5, 5.41) is 7.14. The summed E-state index contributed by atoms with van der Waals surface area (Å²) in [6.45, 7) is 1.75. The molecule has 1 amide bonds. The molecule has 0 saturated carbocycles. The molecule has 0 spiro atoms. The van der Waals surface area contributed by atoms with Gasteiger partial charge in [-0.25, -0.2) is 4.98 Å². The quantitative estimate of drug-likeness (QED) is 0.849. The van der Waals surface area contributed by atoms with Gasteiger partial charge in [0.15, 0.2) is 5.13 Å². The highest BCUT2D eigenvalue weighted by Crippen LogP contribution is 2.29. The van der Waals surface area contributed by atoms with Crippen LogP contribution in [-0.2, 0) is 13.0 Å². The molecule has 1 aliphatic heterocycles. The highest BCUT2D eigenvalue weighted by atomic mass is 79.9. The van der Waals surface area contributed by atoms with E-state index in [1.165, 1.54) is 16.2 Å². The molecular weight excluding hydrogens is 362 g/mol. The maximum atomic E-state index is 12.2. The van der Waals surface area contributed by atoms with Gasteiger partial charge in [-0.15, -0.1) is 11.3 Å². The average Bonchev–Trinajstić information content (AvgIpc) is 2.83. The predicted octanol–water partition coefficient (Wildman–Crippen LogP) is 3.46. The van der Waals surface area contributed by atoms with Crippen LogP contribution in [0.4, 0.5) is 5.13 Å². The third-order valence-electron chi connectivity index (χ3n) is 3.02. The van der Waals surface area contributed by atoms with Crippen LogP contribution < -0.4 is 10.6 Å². The number of halogens is 2. The summed E-state index contributed by atoms with van der Waals surface area (Å²) in [4.78, 5) is 17.9. The van der Waals surface area contributed by atoms with Crippen molar-refractivity contribution in [1.29, 1.82) is 0 Å². The summed E-state index contributed by atoms with van der Waals surface area (Å²) in [5.74, 6) is -0.240. The molecule has 4 nitrogen and oxygen atoms in total. The van der Waals surface area contributed by atoms with Crippen LogP contribution in [0.2, 0.25) is 5.02 Å². The van der Waals surface area contributed by atoms with Crippen molar-refractivity contribution in [2.75, 3.05) is 11.9 Å². The number of hydrogen-bond donors (Lipinski definition) is 2. The highest BCUT2D eigenvalue weighted by Gasteiger charge is 2.18. The summed E-state index contributed by atoms with van der Waals surface area (Å²) in [5.41, 5.74) is 1.51. The number of nitrogens with one attached hydrogen (secondary N) is 2. The normalized spacial score (nSPS) is 13.9. The summed E-state index contributed by atoms with van der Waals surface area (Å²) in [6.07, 6.45) is 0.902. The van der Waals surface area contributed by atoms with E-state index in [-0.39, 0.29) is 5.91 Å². The zero-order valence-electron chi connectivity index (χ0n) is 10.4. The van der Waals surface area contributed by atoms with Gasteiger partial charge in [0.05, 0.1) is 16.3 Å². The first-order chi connectivity index (χ1) is 9.65. The number of thiazole rings is 1. The van der Waals surface area contributed by atoms with Crippen molar-refractivity contribution >= 4 is 49.9 Å². The Balaban J connectivity index is 1.82. The summed E-state index contributed by atoms with van der Waals surface area (Å²) in [6, 6.07) is 5.27. The second kappa shape index (κ2) is 5.81. The van der Waals surface area contributed by atoms with Gasteiger partial charge >= 0.3 is 0 Å². The lowest BCUT2D eigenvalue weighted by Crippen LogP contribution is -2.22. The molecule has 2 aromatic rings. The fourth-order valence-corrected chi connectivity index (χ4v) is 3.57. The van der Waals surface area contributed by atoms with Crippen molar-refractivity contribution in [2.24, 2.45) is 0 Å². The Labute approximate surface area is 133 Å². The predicted molar refractivity (Wildman–Crippen MR) is 84.6 cm³/mol. The number of hydrogen-bond acceptors (Lipinski definition) is 4. The van der Waals surface area contributed by atoms with E-state index in [0.717, 1.165) is 25.2 Å². The Morgan fingerprint density at radius 2 is 2.35 bits per heavy atom. The molecule has 1 aromatic carbocycles. The van der Waals surface area contributed by atoms with Crippen LogP contribution in [0.15, 0.2) is 22.7 Å². The van der Waals surface area contributed by atoms with Gasteiger partial charge in [-0.05, 0) is 28.1 Å². The summed E-state index contributed by atoms with van der Waals surface area (Å²) in [7, 11) is 0. The molecule has 7 heteroatoms. The Morgan fingerprint density at radius 3 is 3.15 bits per heavy atom. The third kappa shape index (κ3) is 2.74. The Morgan fingerprint density at radius 1 is 1.50 bits per heavy atom. The molecule has 0 saturated heterocycles. The fraction of sp³-hybridized carbons (Fsp3) is 0.231. The van der Waals surface area contributed by atoms with Crippen molar-refractivity contribution < 1.29 is 4.79 Å². The SMILES string of the molecule is O=C(Nc1nc2c(s1)CNCC2)c1cccc(Br)c1Cl. The van der Waals surface area contributed by atoms with Crippen LogP contribution in [0.3, 0.4) is 0 Å². The first-order valence-corrected chi connectivity index (χ1v) is 8.08. The van der Waals surface area contributed by atoms with Gasteiger partial charge in [0.1, 0.15) is 0 Å². The largest absolute Gasteiger partial charge is 0.311 e. The number of nitrogens with zero attached hydrogens (tertiary/aromatic N) is 1. The summed E-state index contributed by atoms with van der Waals surface area (Å²) < 4.78 is 0.703. The number of benzene rings is 1. The molecule has 0 bridgehead atoms. The minimum absolute atomic E-state index is 0.240. The first kappa shape index (κ1) is 14.0. The van der Waals surface area contributed by atoms with Gasteiger partial charge in [-0.1, -0.05) is 17.7 Å². The van der Waals surface area contributed by atoms with Gasteiger partial charge in [0, 0.05) is 28.9 Å². The standard InChI is InChI=1S/C13H11BrClN3OS/c14-8-3-1-2-7(11(8)15)12(19)18-13-17-9-4-5-16-6-10(9)20-13/h1-3,16H,4-6H2,(H,17,18,19). The van der Waals surface area contributed by atoms with Crippen LogP contribution in [0.25, 0.3) is 0 Å². The maximum absolute atomic E-state index is 12.2. The molecule has 3 rings (SSSR count). The van der Waals surface area contributed by atoms with Crippen LogP contribution in [0, 0.1) is 0 Å². The second-order valence-electron chi connectivity index (χ2n) is 4.37. The Hall–Kier alpha value is -0.950. The number of rotatable bonds is 2. The smallest absolute Gasteiger partial charge is 0.258 e. The highest BCUT2D eigenvalue weighted by molar-refractivity contribution is 9.10. The van der Waals surface area contributed by atoms with Crippen molar-refractivity contribution in [3.8, 4) is 0 Å². The van der Waals surface area contributed by atoms with Gasteiger partial charge < -0.3 is 5.32 Å². The van der Waals surface area contributed by atoms with Gasteiger partial charge in [-0.2, -0.15) is 0 Å². The van der Waals surface area contributed by atoms with E-state index < -0.39 is 0 Å². The number of anilines is 1. The van der Waals surface area contributed by atoms with E-state index in [1.807, 2.05) is 0 Å². The van der Waals surface area contributed by atoms with Gasteiger partial charge in [-0.3, -0.25) is 10.1 Å². The zero-order valence-corrected chi connectivity index (χ0v) is 13.5. The average molecular weight is 373 g/mol. The van der Waals surface area contributed by atoms with Crippen LogP contribution in [0.1, 0.15) is 20.9 Å². The van der Waals surface area contributed by atoms with E-state index >= 15 is 0 Å². The van der Waals surface area contributed by atoms with Gasteiger partial charge in [0.25, 0.3) is 5.91 Å². The topological polar surface area (TPSA) is 54.0 Å². The maximum Gasteiger partial charge on any atom is 0.258 e. The van der Waals surface area contributed by atoms with E-state index in [4.69, 9.17) is 11.6 Å². The van der Waals surface area contributed by atoms with Crippen molar-refractivity contribution in [2.45, 2.75) is 13.0 Å². The zero-order chi connectivity index (χ0) is 14.1. The molecule has 0 aliphatic carbocycles. The Bertz CT molecular complexity index is 650. The molecule has 1 aliphatic rings. The number of carbonyl (C=O) groups excluding carboxylic acids is 1. The van der Waals surface area contributed by atoms with Crippen molar-refractivity contribution in [3.63, 3.8) is 0 Å².